The zero-order valence-corrected chi connectivity index (χ0v) is 14.4. The van der Waals surface area contributed by atoms with Gasteiger partial charge in [0.1, 0.15) is 6.33 Å². The summed E-state index contributed by atoms with van der Waals surface area (Å²) in [4.78, 5) is 20.1. The topological polar surface area (TPSA) is 101 Å². The van der Waals surface area contributed by atoms with Crippen LogP contribution in [0.15, 0.2) is 69.8 Å². The highest BCUT2D eigenvalue weighted by atomic mass is 32.2. The third kappa shape index (κ3) is 3.11. The fraction of sp³-hybridized carbons (Fsp3) is 0.0588. The highest BCUT2D eigenvalue weighted by Crippen LogP contribution is 2.47. The van der Waals surface area contributed by atoms with E-state index in [4.69, 9.17) is 5.73 Å². The number of aromatic nitrogens is 3. The van der Waals surface area contributed by atoms with Crippen molar-refractivity contribution in [2.75, 3.05) is 17.2 Å². The number of amides is 1. The maximum Gasteiger partial charge on any atom is 0.363 e. The van der Waals surface area contributed by atoms with Crippen molar-refractivity contribution in [2.24, 2.45) is 5.10 Å². The molecule has 2 aromatic carbocycles. The molecule has 3 N–H and O–H groups in total. The maximum absolute atomic E-state index is 11.9. The molecule has 9 heteroatoms. The van der Waals surface area contributed by atoms with Gasteiger partial charge >= 0.3 is 6.03 Å². The average molecular weight is 365 g/mol. The second kappa shape index (κ2) is 6.89. The van der Waals surface area contributed by atoms with Crippen LogP contribution in [-0.2, 0) is 0 Å². The van der Waals surface area contributed by atoms with E-state index in [0.29, 0.717) is 6.54 Å². The second-order valence-electron chi connectivity index (χ2n) is 5.42. The van der Waals surface area contributed by atoms with Crippen molar-refractivity contribution in [1.29, 1.82) is 0 Å². The van der Waals surface area contributed by atoms with Crippen molar-refractivity contribution in [3.63, 3.8) is 0 Å². The predicted octanol–water partition coefficient (Wildman–Crippen LogP) is 2.71. The molecule has 0 bridgehead atoms. The number of benzene rings is 2. The molecule has 0 saturated heterocycles. The third-order valence-corrected chi connectivity index (χ3v) is 4.90. The number of nitrogens with two attached hydrogens (primary N) is 1. The first-order valence-electron chi connectivity index (χ1n) is 7.85. The molecule has 0 unspecified atom stereocenters. The van der Waals surface area contributed by atoms with Gasteiger partial charge in [0.15, 0.2) is 0 Å². The van der Waals surface area contributed by atoms with E-state index in [0.717, 1.165) is 16.1 Å². The van der Waals surface area contributed by atoms with Gasteiger partial charge in [0.2, 0.25) is 5.95 Å². The fourth-order valence-electron chi connectivity index (χ4n) is 2.63. The van der Waals surface area contributed by atoms with Crippen molar-refractivity contribution < 1.29 is 4.79 Å². The summed E-state index contributed by atoms with van der Waals surface area (Å²) in [5.74, 6) is 0.0307. The van der Waals surface area contributed by atoms with Crippen LogP contribution in [0.3, 0.4) is 0 Å². The summed E-state index contributed by atoms with van der Waals surface area (Å²) in [6, 6.07) is 15.9. The number of nitrogens with one attached hydrogen (secondary N) is 1. The summed E-state index contributed by atoms with van der Waals surface area (Å²) in [7, 11) is 0. The number of hydrogen-bond donors (Lipinski definition) is 2. The van der Waals surface area contributed by atoms with Crippen molar-refractivity contribution >= 4 is 41.3 Å². The van der Waals surface area contributed by atoms with Crippen molar-refractivity contribution in [3.05, 3.63) is 54.9 Å². The van der Waals surface area contributed by atoms with Crippen LogP contribution in [0.5, 0.6) is 0 Å². The second-order valence-corrected chi connectivity index (χ2v) is 6.51. The van der Waals surface area contributed by atoms with E-state index in [2.05, 4.69) is 49.8 Å². The zero-order valence-electron chi connectivity index (χ0n) is 13.6. The Hall–Kier alpha value is -3.33. The van der Waals surface area contributed by atoms with E-state index in [1.54, 1.807) is 18.0 Å². The minimum Gasteiger partial charge on any atom is -0.366 e. The standard InChI is InChI=1S/C17H15N7OS/c18-16-19-11-24(22-16)17(25)21-20-9-10-23-12-5-1-3-7-14(12)26-15-8-4-2-6-13(15)23/h1-9,11H,10H2,(H2,18,22)(H,21,25)/b20-9+. The summed E-state index contributed by atoms with van der Waals surface area (Å²) in [5.41, 5.74) is 10.0. The molecule has 26 heavy (non-hydrogen) atoms. The fourth-order valence-corrected chi connectivity index (χ4v) is 3.72. The molecule has 8 nitrogen and oxygen atoms in total. The molecular weight excluding hydrogens is 350 g/mol. The van der Waals surface area contributed by atoms with Crippen LogP contribution >= 0.6 is 11.8 Å². The van der Waals surface area contributed by atoms with Gasteiger partial charge in [0.05, 0.1) is 17.9 Å². The van der Waals surface area contributed by atoms with Crippen LogP contribution in [0.2, 0.25) is 0 Å². The quantitative estimate of drug-likeness (QED) is 0.547. The number of nitrogen functional groups attached to an aromatic ring is 1. The molecule has 0 spiro atoms. The first kappa shape index (κ1) is 16.2. The lowest BCUT2D eigenvalue weighted by molar-refractivity contribution is 0.240. The van der Waals surface area contributed by atoms with Crippen LogP contribution in [0.1, 0.15) is 0 Å². The Bertz CT molecular complexity index is 939. The number of para-hydroxylation sites is 2. The van der Waals surface area contributed by atoms with Gasteiger partial charge in [0.25, 0.3) is 0 Å². The Morgan fingerprint density at radius 1 is 1.15 bits per heavy atom. The third-order valence-electron chi connectivity index (χ3n) is 3.77. The Kier molecular flexibility index (Phi) is 4.28. The lowest BCUT2D eigenvalue weighted by atomic mass is 10.2. The van der Waals surface area contributed by atoms with Crippen molar-refractivity contribution in [1.82, 2.24) is 20.2 Å². The molecule has 0 fully saturated rings. The molecule has 1 aliphatic heterocycles. The highest BCUT2D eigenvalue weighted by molar-refractivity contribution is 7.99. The molecule has 0 saturated carbocycles. The molecule has 4 rings (SSSR count). The van der Waals surface area contributed by atoms with Crippen LogP contribution in [0, 0.1) is 0 Å². The lowest BCUT2D eigenvalue weighted by Crippen LogP contribution is -2.27. The van der Waals surface area contributed by atoms with Gasteiger partial charge in [-0.3, -0.25) is 0 Å². The molecule has 0 radical (unpaired) electrons. The SMILES string of the molecule is Nc1ncn(C(=O)N/N=C/CN2c3ccccc3Sc3ccccc32)n1. The number of anilines is 3. The largest absolute Gasteiger partial charge is 0.366 e. The molecule has 3 aromatic rings. The monoisotopic (exact) mass is 365 g/mol. The van der Waals surface area contributed by atoms with E-state index < -0.39 is 6.03 Å². The summed E-state index contributed by atoms with van der Waals surface area (Å²) >= 11 is 1.74. The Labute approximate surface area is 153 Å². The van der Waals surface area contributed by atoms with Crippen molar-refractivity contribution in [3.8, 4) is 0 Å². The number of carbonyl (C=O) groups excluding carboxylic acids is 1. The Morgan fingerprint density at radius 3 is 2.42 bits per heavy atom. The summed E-state index contributed by atoms with van der Waals surface area (Å²) in [5, 5.41) is 7.72. The number of hydrogen-bond acceptors (Lipinski definition) is 7. The van der Waals surface area contributed by atoms with E-state index in [9.17, 15) is 4.79 Å². The first-order chi connectivity index (χ1) is 12.7. The van der Waals surface area contributed by atoms with Gasteiger partial charge in [-0.15, -0.1) is 5.10 Å². The minimum atomic E-state index is -0.527. The van der Waals surface area contributed by atoms with Gasteiger partial charge < -0.3 is 10.6 Å². The van der Waals surface area contributed by atoms with Crippen molar-refractivity contribution in [2.45, 2.75) is 9.79 Å². The minimum absolute atomic E-state index is 0.0307. The number of nitrogens with zero attached hydrogens (tertiary/aromatic N) is 5. The predicted molar refractivity (Wildman–Crippen MR) is 101 cm³/mol. The number of hydrazone groups is 1. The lowest BCUT2D eigenvalue weighted by Gasteiger charge is -2.31. The molecule has 1 aromatic heterocycles. The first-order valence-corrected chi connectivity index (χ1v) is 8.66. The molecule has 0 atom stereocenters. The van der Waals surface area contributed by atoms with Crippen LogP contribution < -0.4 is 16.1 Å². The van der Waals surface area contributed by atoms with Gasteiger partial charge in [0, 0.05) is 16.0 Å². The van der Waals surface area contributed by atoms with Crippen LogP contribution in [0.25, 0.3) is 0 Å². The highest BCUT2D eigenvalue weighted by Gasteiger charge is 2.21. The van der Waals surface area contributed by atoms with Crippen LogP contribution in [-0.4, -0.2) is 33.6 Å². The number of fused-ring (bicyclic) bond motifs is 2. The summed E-state index contributed by atoms with van der Waals surface area (Å²) in [6.45, 7) is 0.508. The number of rotatable bonds is 3. The Balaban J connectivity index is 1.50. The average Bonchev–Trinajstić information content (AvgIpc) is 3.10. The molecule has 2 heterocycles. The van der Waals surface area contributed by atoms with Gasteiger partial charge in [-0.25, -0.2) is 15.2 Å². The summed E-state index contributed by atoms with van der Waals surface area (Å²) in [6.07, 6.45) is 2.87. The normalized spacial score (nSPS) is 12.7. The zero-order chi connectivity index (χ0) is 17.9. The smallest absolute Gasteiger partial charge is 0.363 e. The maximum atomic E-state index is 11.9. The van der Waals surface area contributed by atoms with Crippen LogP contribution in [0.4, 0.5) is 22.1 Å². The Morgan fingerprint density at radius 2 is 1.81 bits per heavy atom. The molecular formula is C17H15N7OS. The molecule has 130 valence electrons. The van der Waals surface area contributed by atoms with Gasteiger partial charge in [-0.05, 0) is 24.3 Å². The molecule has 1 aliphatic rings. The van der Waals surface area contributed by atoms with E-state index in [-0.39, 0.29) is 5.95 Å². The van der Waals surface area contributed by atoms with Gasteiger partial charge in [-0.1, -0.05) is 36.0 Å². The molecule has 0 aliphatic carbocycles. The summed E-state index contributed by atoms with van der Waals surface area (Å²) < 4.78 is 0.995. The van der Waals surface area contributed by atoms with E-state index in [1.807, 2.05) is 24.3 Å². The molecule has 1 amide bonds. The van der Waals surface area contributed by atoms with E-state index >= 15 is 0 Å². The van der Waals surface area contributed by atoms with Gasteiger partial charge in [-0.2, -0.15) is 9.78 Å². The van der Waals surface area contributed by atoms with E-state index in [1.165, 1.54) is 16.1 Å². The number of carbonyl (C=O) groups is 1.